The van der Waals surface area contributed by atoms with Crippen molar-refractivity contribution in [3.8, 4) is 11.5 Å². The lowest BCUT2D eigenvalue weighted by atomic mass is 10.00. The number of piperidine rings is 1. The average Bonchev–Trinajstić information content (AvgIpc) is 3.41. The van der Waals surface area contributed by atoms with Gasteiger partial charge in [-0.1, -0.05) is 37.4 Å². The predicted molar refractivity (Wildman–Crippen MR) is 172 cm³/mol. The van der Waals surface area contributed by atoms with Crippen LogP contribution in [0.4, 0.5) is 10.5 Å². The van der Waals surface area contributed by atoms with Gasteiger partial charge in [-0.2, -0.15) is 0 Å². The molecule has 0 radical (unpaired) electrons. The quantitative estimate of drug-likeness (QED) is 0.198. The zero-order chi connectivity index (χ0) is 31.5. The lowest BCUT2D eigenvalue weighted by Crippen LogP contribution is -2.57. The van der Waals surface area contributed by atoms with Gasteiger partial charge in [0.05, 0.1) is 29.3 Å². The number of benzene rings is 2. The molecular weight excluding hydrogens is 596 g/mol. The highest BCUT2D eigenvalue weighted by Crippen LogP contribution is 2.43. The molecule has 1 N–H and O–H groups in total. The zero-order valence-corrected chi connectivity index (χ0v) is 26.2. The summed E-state index contributed by atoms with van der Waals surface area (Å²) in [5, 5.41) is 11.3. The second-order valence-electron chi connectivity index (χ2n) is 11.3. The van der Waals surface area contributed by atoms with E-state index in [9.17, 15) is 14.7 Å². The fourth-order valence-corrected chi connectivity index (χ4v) is 7.39. The number of aliphatic hydroxyl groups excluding tert-OH is 1. The number of ether oxygens (including phenoxy) is 5. The summed E-state index contributed by atoms with van der Waals surface area (Å²) in [6.07, 6.45) is 4.39. The summed E-state index contributed by atoms with van der Waals surface area (Å²) < 4.78 is 31.2. The van der Waals surface area contributed by atoms with Gasteiger partial charge in [0.1, 0.15) is 19.0 Å². The number of thiophene rings is 1. The van der Waals surface area contributed by atoms with Crippen molar-refractivity contribution < 1.29 is 38.4 Å². The Morgan fingerprint density at radius 2 is 1.98 bits per heavy atom. The Morgan fingerprint density at radius 1 is 1.16 bits per heavy atom. The minimum Gasteiger partial charge on any atom is -0.507 e. The fourth-order valence-electron chi connectivity index (χ4n) is 6.31. The van der Waals surface area contributed by atoms with Crippen LogP contribution in [0.2, 0.25) is 0 Å². The van der Waals surface area contributed by atoms with Gasteiger partial charge in [-0.3, -0.25) is 4.79 Å². The molecule has 238 valence electrons. The Kier molecular flexibility index (Phi) is 9.29. The monoisotopic (exact) mass is 634 g/mol. The van der Waals surface area contributed by atoms with Crippen molar-refractivity contribution in [3.05, 3.63) is 71.6 Å². The van der Waals surface area contributed by atoms with Crippen LogP contribution in [0.15, 0.2) is 55.6 Å². The predicted octanol–water partition coefficient (Wildman–Crippen LogP) is 7.02. The summed E-state index contributed by atoms with van der Waals surface area (Å²) in [4.78, 5) is 31.9. The van der Waals surface area contributed by atoms with Gasteiger partial charge >= 0.3 is 6.09 Å². The van der Waals surface area contributed by atoms with E-state index in [1.54, 1.807) is 17.0 Å². The molecule has 3 aliphatic rings. The maximum absolute atomic E-state index is 14.2. The molecule has 3 atom stereocenters. The van der Waals surface area contributed by atoms with Crippen LogP contribution in [0.1, 0.15) is 59.3 Å². The number of rotatable bonds is 9. The first-order valence-corrected chi connectivity index (χ1v) is 16.1. The summed E-state index contributed by atoms with van der Waals surface area (Å²) in [5.74, 6) is 0.364. The highest BCUT2D eigenvalue weighted by atomic mass is 32.1. The van der Waals surface area contributed by atoms with Crippen molar-refractivity contribution in [3.63, 3.8) is 0 Å². The van der Waals surface area contributed by atoms with E-state index in [0.29, 0.717) is 48.1 Å². The molecule has 2 aromatic carbocycles. The van der Waals surface area contributed by atoms with Gasteiger partial charge in [0, 0.05) is 29.5 Å². The third kappa shape index (κ3) is 6.12. The Bertz CT molecular complexity index is 1600. The van der Waals surface area contributed by atoms with E-state index in [4.69, 9.17) is 23.7 Å². The zero-order valence-electron chi connectivity index (χ0n) is 25.4. The van der Waals surface area contributed by atoms with E-state index in [0.717, 1.165) is 41.3 Å². The molecule has 3 aromatic rings. The molecule has 2 fully saturated rings. The number of carbonyl (C=O) groups is 2. The second kappa shape index (κ2) is 13.5. The molecule has 3 aliphatic heterocycles. The molecule has 2 unspecified atom stereocenters. The first-order valence-electron chi connectivity index (χ1n) is 15.3. The van der Waals surface area contributed by atoms with Crippen LogP contribution in [0.5, 0.6) is 11.5 Å². The number of hydrogen-bond donors (Lipinski definition) is 1. The van der Waals surface area contributed by atoms with Crippen LogP contribution in [-0.4, -0.2) is 67.4 Å². The van der Waals surface area contributed by atoms with E-state index in [1.807, 2.05) is 24.3 Å². The summed E-state index contributed by atoms with van der Waals surface area (Å²) in [6.45, 7) is 8.59. The summed E-state index contributed by atoms with van der Waals surface area (Å²) in [5.41, 5.74) is 1.34. The van der Waals surface area contributed by atoms with E-state index >= 15 is 0 Å². The first kappa shape index (κ1) is 30.9. The van der Waals surface area contributed by atoms with Gasteiger partial charge in [-0.05, 0) is 56.0 Å². The molecule has 6 rings (SSSR count). The Morgan fingerprint density at radius 3 is 2.73 bits per heavy atom. The molecule has 0 bridgehead atoms. The Balaban J connectivity index is 1.44. The number of hydrogen-bond acceptors (Lipinski definition) is 9. The van der Waals surface area contributed by atoms with Crippen LogP contribution >= 0.6 is 11.3 Å². The maximum atomic E-state index is 14.2. The van der Waals surface area contributed by atoms with Gasteiger partial charge < -0.3 is 33.7 Å². The van der Waals surface area contributed by atoms with Crippen molar-refractivity contribution >= 4 is 44.9 Å². The Hall–Kier alpha value is -4.06. The molecule has 2 amide bonds. The number of methoxy groups -OCH3 is 1. The molecule has 10 nitrogen and oxygen atoms in total. The maximum Gasteiger partial charge on any atom is 0.416 e. The first-order chi connectivity index (χ1) is 21.9. The number of aliphatic hydroxyl groups is 1. The Labute approximate surface area is 266 Å². The SMILES string of the molecule is C=CCOC(=O)N1c2cc(OCc3c(C(=C)O)sc4ccccc34)c(OC)cc2C(=O)N2CCCC[C@H]2C1OC1CCCCO1. The number of amides is 2. The molecule has 45 heavy (non-hydrogen) atoms. The minimum absolute atomic E-state index is 0.0157. The molecule has 0 aliphatic carbocycles. The van der Waals surface area contributed by atoms with Crippen LogP contribution in [-0.2, 0) is 20.8 Å². The summed E-state index contributed by atoms with van der Waals surface area (Å²) >= 11 is 1.43. The lowest BCUT2D eigenvalue weighted by Gasteiger charge is -2.42. The molecule has 0 spiro atoms. The van der Waals surface area contributed by atoms with E-state index < -0.39 is 24.7 Å². The minimum atomic E-state index is -0.859. The van der Waals surface area contributed by atoms with Gasteiger partial charge in [0.2, 0.25) is 0 Å². The number of carbonyl (C=O) groups excluding carboxylic acids is 2. The van der Waals surface area contributed by atoms with E-state index in [2.05, 4.69) is 13.2 Å². The molecule has 4 heterocycles. The van der Waals surface area contributed by atoms with Crippen molar-refractivity contribution in [2.24, 2.45) is 0 Å². The van der Waals surface area contributed by atoms with Gasteiger partial charge in [-0.15, -0.1) is 11.3 Å². The third-order valence-corrected chi connectivity index (χ3v) is 9.71. The number of anilines is 1. The average molecular weight is 635 g/mol. The largest absolute Gasteiger partial charge is 0.507 e. The normalized spacial score (nSPS) is 21.4. The van der Waals surface area contributed by atoms with Crippen molar-refractivity contribution in [2.75, 3.05) is 31.8 Å². The van der Waals surface area contributed by atoms with Crippen LogP contribution in [0, 0.1) is 0 Å². The highest BCUT2D eigenvalue weighted by Gasteiger charge is 2.46. The van der Waals surface area contributed by atoms with Crippen LogP contribution in [0.25, 0.3) is 15.8 Å². The van der Waals surface area contributed by atoms with Gasteiger partial charge in [-0.25, -0.2) is 9.69 Å². The second-order valence-corrected chi connectivity index (χ2v) is 12.3. The standard InChI is InChI=1S/C34H38N2O8S/c1-4-16-42-34(39)36-26-19-28(43-20-24-22-11-5-6-13-29(22)45-31(24)21(2)37)27(40-3)18-23(26)32(38)35-15-9-7-12-25(35)33(36)44-30-14-8-10-17-41-30/h4-6,11,13,18-19,25,30,33,37H,1-2,7-10,12,14-17,20H2,3H3/t25-,30?,33?/m0/s1. The smallest absolute Gasteiger partial charge is 0.416 e. The highest BCUT2D eigenvalue weighted by molar-refractivity contribution is 7.20. The van der Waals surface area contributed by atoms with Gasteiger partial charge in [0.25, 0.3) is 5.91 Å². The van der Waals surface area contributed by atoms with Gasteiger partial charge in [0.15, 0.2) is 24.0 Å². The van der Waals surface area contributed by atoms with Crippen molar-refractivity contribution in [1.82, 2.24) is 4.90 Å². The summed E-state index contributed by atoms with van der Waals surface area (Å²) in [7, 11) is 1.50. The fraction of sp³-hybridized carbons (Fsp3) is 0.412. The molecule has 1 aromatic heterocycles. The molecular formula is C34H38N2O8S. The van der Waals surface area contributed by atoms with E-state index in [-0.39, 0.29) is 30.4 Å². The van der Waals surface area contributed by atoms with Crippen LogP contribution < -0.4 is 14.4 Å². The molecule has 0 saturated carbocycles. The van der Waals surface area contributed by atoms with Crippen molar-refractivity contribution in [2.45, 2.75) is 63.7 Å². The lowest BCUT2D eigenvalue weighted by molar-refractivity contribution is -0.198. The number of nitrogens with zero attached hydrogens (tertiary/aromatic N) is 2. The topological polar surface area (TPSA) is 107 Å². The molecule has 2 saturated heterocycles. The number of fused-ring (bicyclic) bond motifs is 3. The van der Waals surface area contributed by atoms with Crippen LogP contribution in [0.3, 0.4) is 0 Å². The van der Waals surface area contributed by atoms with E-state index in [1.165, 1.54) is 29.4 Å². The third-order valence-electron chi connectivity index (χ3n) is 8.45. The van der Waals surface area contributed by atoms with Crippen molar-refractivity contribution in [1.29, 1.82) is 0 Å². The summed E-state index contributed by atoms with van der Waals surface area (Å²) in [6, 6.07) is 10.6. The molecule has 11 heteroatoms.